The zero-order valence-electron chi connectivity index (χ0n) is 20.0. The van der Waals surface area contributed by atoms with Crippen LogP contribution < -0.4 is 19.5 Å². The lowest BCUT2D eigenvalue weighted by molar-refractivity contribution is -0.121. The molecule has 2 aromatic carbocycles. The Morgan fingerprint density at radius 3 is 2.71 bits per heavy atom. The maximum atomic E-state index is 13.2. The van der Waals surface area contributed by atoms with Crippen LogP contribution >= 0.6 is 0 Å². The van der Waals surface area contributed by atoms with Crippen molar-refractivity contribution in [2.75, 3.05) is 45.3 Å². The van der Waals surface area contributed by atoms with E-state index in [1.807, 2.05) is 48.5 Å². The van der Waals surface area contributed by atoms with Crippen molar-refractivity contribution in [1.82, 2.24) is 9.88 Å². The molecule has 0 unspecified atom stereocenters. The van der Waals surface area contributed by atoms with E-state index in [-0.39, 0.29) is 11.8 Å². The van der Waals surface area contributed by atoms with Gasteiger partial charge in [-0.2, -0.15) is 0 Å². The van der Waals surface area contributed by atoms with Gasteiger partial charge in [0, 0.05) is 18.9 Å². The number of hydrogen-bond donors (Lipinski definition) is 1. The average Bonchev–Trinajstić information content (AvgIpc) is 3.43. The SMILES string of the molecule is COc1ccc2c(c1)C[C@@H](C(=O)Nc1ccc(-c3ccncc3)cc1OCCN1CCCC1)CO2. The molecular formula is C28H31N3O4. The monoisotopic (exact) mass is 473 g/mol. The third-order valence-electron chi connectivity index (χ3n) is 6.66. The first-order chi connectivity index (χ1) is 17.2. The quantitative estimate of drug-likeness (QED) is 0.522. The van der Waals surface area contributed by atoms with Crippen LogP contribution in [0.15, 0.2) is 60.9 Å². The molecule has 5 rings (SSSR count). The highest BCUT2D eigenvalue weighted by Crippen LogP contribution is 2.34. The number of nitrogens with one attached hydrogen (secondary N) is 1. The van der Waals surface area contributed by atoms with Gasteiger partial charge < -0.3 is 19.5 Å². The number of benzene rings is 2. The maximum absolute atomic E-state index is 13.2. The lowest BCUT2D eigenvalue weighted by Crippen LogP contribution is -2.32. The van der Waals surface area contributed by atoms with Gasteiger partial charge in [-0.1, -0.05) is 6.07 Å². The van der Waals surface area contributed by atoms with Crippen molar-refractivity contribution in [2.45, 2.75) is 19.3 Å². The number of methoxy groups -OCH3 is 1. The highest BCUT2D eigenvalue weighted by atomic mass is 16.5. The van der Waals surface area contributed by atoms with Crippen LogP contribution in [0.25, 0.3) is 11.1 Å². The largest absolute Gasteiger partial charge is 0.497 e. The molecule has 1 N–H and O–H groups in total. The first kappa shape index (κ1) is 23.2. The number of carbonyl (C=O) groups excluding carboxylic acids is 1. The Kier molecular flexibility index (Phi) is 7.14. The van der Waals surface area contributed by atoms with Crippen molar-refractivity contribution in [2.24, 2.45) is 5.92 Å². The summed E-state index contributed by atoms with van der Waals surface area (Å²) in [6.07, 6.45) is 6.64. The molecule has 1 saturated heterocycles. The van der Waals surface area contributed by atoms with Crippen molar-refractivity contribution < 1.29 is 19.0 Å². The molecule has 2 aliphatic heterocycles. The van der Waals surface area contributed by atoms with Gasteiger partial charge in [0.15, 0.2) is 0 Å². The Bertz CT molecular complexity index is 1160. The third kappa shape index (κ3) is 5.57. The predicted molar refractivity (Wildman–Crippen MR) is 135 cm³/mol. The van der Waals surface area contributed by atoms with Gasteiger partial charge >= 0.3 is 0 Å². The molecule has 1 amide bonds. The second-order valence-corrected chi connectivity index (χ2v) is 9.02. The summed E-state index contributed by atoms with van der Waals surface area (Å²) in [4.78, 5) is 19.7. The summed E-state index contributed by atoms with van der Waals surface area (Å²) in [5.41, 5.74) is 3.72. The van der Waals surface area contributed by atoms with Gasteiger partial charge in [-0.05, 0) is 91.5 Å². The fraction of sp³-hybridized carbons (Fsp3) is 0.357. The number of ether oxygens (including phenoxy) is 3. The number of fused-ring (bicyclic) bond motifs is 1. The van der Waals surface area contributed by atoms with Gasteiger partial charge in [-0.25, -0.2) is 0 Å². The van der Waals surface area contributed by atoms with Crippen LogP contribution in [0.2, 0.25) is 0 Å². The summed E-state index contributed by atoms with van der Waals surface area (Å²) in [6, 6.07) is 15.5. The van der Waals surface area contributed by atoms with Crippen LogP contribution in [-0.4, -0.2) is 55.7 Å². The maximum Gasteiger partial charge on any atom is 0.231 e. The molecule has 35 heavy (non-hydrogen) atoms. The molecule has 0 saturated carbocycles. The number of hydrogen-bond acceptors (Lipinski definition) is 6. The van der Waals surface area contributed by atoms with Crippen LogP contribution in [0, 0.1) is 5.92 Å². The van der Waals surface area contributed by atoms with E-state index < -0.39 is 0 Å². The Morgan fingerprint density at radius 2 is 1.91 bits per heavy atom. The molecule has 1 aromatic heterocycles. The number of nitrogens with zero attached hydrogens (tertiary/aromatic N) is 2. The number of pyridine rings is 1. The highest BCUT2D eigenvalue weighted by Gasteiger charge is 2.27. The Labute approximate surface area is 206 Å². The van der Waals surface area contributed by atoms with E-state index in [1.54, 1.807) is 19.5 Å². The lowest BCUT2D eigenvalue weighted by atomic mass is 9.95. The predicted octanol–water partition coefficient (Wildman–Crippen LogP) is 4.42. The van der Waals surface area contributed by atoms with Crippen LogP contribution in [0.5, 0.6) is 17.2 Å². The average molecular weight is 474 g/mol. The summed E-state index contributed by atoms with van der Waals surface area (Å²) in [5.74, 6) is 1.85. The molecule has 7 nitrogen and oxygen atoms in total. The van der Waals surface area contributed by atoms with Gasteiger partial charge in [0.1, 0.15) is 30.5 Å². The van der Waals surface area contributed by atoms with Crippen molar-refractivity contribution in [3.8, 4) is 28.4 Å². The second kappa shape index (κ2) is 10.8. The number of rotatable bonds is 8. The molecule has 0 aliphatic carbocycles. The van der Waals surface area contributed by atoms with Crippen LogP contribution in [-0.2, 0) is 11.2 Å². The molecule has 0 radical (unpaired) electrons. The second-order valence-electron chi connectivity index (χ2n) is 9.02. The van der Waals surface area contributed by atoms with E-state index in [0.717, 1.165) is 47.8 Å². The molecule has 182 valence electrons. The first-order valence-corrected chi connectivity index (χ1v) is 12.2. The Hall–Kier alpha value is -3.58. The minimum Gasteiger partial charge on any atom is -0.497 e. The summed E-state index contributed by atoms with van der Waals surface area (Å²) >= 11 is 0. The third-order valence-corrected chi connectivity index (χ3v) is 6.66. The van der Waals surface area contributed by atoms with E-state index in [9.17, 15) is 4.79 Å². The standard InChI is InChI=1S/C28H31N3O4/c1-33-24-5-7-26-22(17-24)16-23(19-35-26)28(32)30-25-6-4-21(20-8-10-29-11-9-20)18-27(25)34-15-14-31-12-2-3-13-31/h4-11,17-18,23H,2-3,12-16,19H2,1H3,(H,30,32)/t23-/m1/s1. The van der Waals surface area contributed by atoms with Crippen molar-refractivity contribution in [3.63, 3.8) is 0 Å². The van der Waals surface area contributed by atoms with Crippen LogP contribution in [0.4, 0.5) is 5.69 Å². The van der Waals surface area contributed by atoms with Gasteiger partial charge in [0.25, 0.3) is 0 Å². The molecule has 7 heteroatoms. The lowest BCUT2D eigenvalue weighted by Gasteiger charge is -2.25. The molecule has 3 aromatic rings. The zero-order chi connectivity index (χ0) is 24.0. The summed E-state index contributed by atoms with van der Waals surface area (Å²) in [6.45, 7) is 4.03. The normalized spacial score (nSPS) is 17.3. The van der Waals surface area contributed by atoms with Crippen LogP contribution in [0.3, 0.4) is 0 Å². The number of aromatic nitrogens is 1. The molecule has 0 spiro atoms. The van der Waals surface area contributed by atoms with Gasteiger partial charge in [0.2, 0.25) is 5.91 Å². The molecule has 3 heterocycles. The van der Waals surface area contributed by atoms with E-state index >= 15 is 0 Å². The summed E-state index contributed by atoms with van der Waals surface area (Å²) < 4.78 is 17.4. The molecule has 1 atom stereocenters. The molecule has 0 bridgehead atoms. The van der Waals surface area contributed by atoms with Crippen molar-refractivity contribution >= 4 is 11.6 Å². The van der Waals surface area contributed by atoms with Crippen molar-refractivity contribution in [3.05, 3.63) is 66.5 Å². The number of carbonyl (C=O) groups is 1. The Morgan fingerprint density at radius 1 is 1.09 bits per heavy atom. The number of amides is 1. The summed E-state index contributed by atoms with van der Waals surface area (Å²) in [7, 11) is 1.64. The van der Waals surface area contributed by atoms with Crippen LogP contribution in [0.1, 0.15) is 18.4 Å². The van der Waals surface area contributed by atoms with E-state index in [4.69, 9.17) is 14.2 Å². The van der Waals surface area contributed by atoms with Gasteiger partial charge in [0.05, 0.1) is 18.7 Å². The fourth-order valence-corrected chi connectivity index (χ4v) is 4.66. The summed E-state index contributed by atoms with van der Waals surface area (Å²) in [5, 5.41) is 3.10. The number of likely N-dealkylation sites (tertiary alicyclic amines) is 1. The fourth-order valence-electron chi connectivity index (χ4n) is 4.66. The first-order valence-electron chi connectivity index (χ1n) is 12.2. The minimum absolute atomic E-state index is 0.0838. The zero-order valence-corrected chi connectivity index (χ0v) is 20.0. The smallest absolute Gasteiger partial charge is 0.231 e. The van der Waals surface area contributed by atoms with E-state index in [1.165, 1.54) is 12.8 Å². The molecule has 1 fully saturated rings. The van der Waals surface area contributed by atoms with Crippen molar-refractivity contribution in [1.29, 1.82) is 0 Å². The Balaban J connectivity index is 1.32. The van der Waals surface area contributed by atoms with E-state index in [0.29, 0.717) is 31.1 Å². The molecule has 2 aliphatic rings. The minimum atomic E-state index is -0.299. The van der Waals surface area contributed by atoms with E-state index in [2.05, 4.69) is 15.2 Å². The van der Waals surface area contributed by atoms with Gasteiger partial charge in [-0.3, -0.25) is 14.7 Å². The highest BCUT2D eigenvalue weighted by molar-refractivity contribution is 5.95. The number of anilines is 1. The van der Waals surface area contributed by atoms with Gasteiger partial charge in [-0.15, -0.1) is 0 Å². The topological polar surface area (TPSA) is 72.9 Å². The molecular weight excluding hydrogens is 442 g/mol.